The normalized spacial score (nSPS) is 10.4. The van der Waals surface area contributed by atoms with Crippen LogP contribution in [0.25, 0.3) is 5.69 Å². The summed E-state index contributed by atoms with van der Waals surface area (Å²) in [5.74, 6) is 0. The van der Waals surface area contributed by atoms with Gasteiger partial charge in [-0.3, -0.25) is 0 Å². The Morgan fingerprint density at radius 1 is 1.36 bits per heavy atom. The molecule has 0 saturated carbocycles. The van der Waals surface area contributed by atoms with Crippen molar-refractivity contribution in [2.24, 2.45) is 0 Å². The molecule has 0 aliphatic carbocycles. The van der Waals surface area contributed by atoms with Gasteiger partial charge in [-0.05, 0) is 31.0 Å². The molecule has 1 aromatic carbocycles. The smallest absolute Gasteiger partial charge is 0.0859 e. The molecule has 0 unspecified atom stereocenters. The Labute approximate surface area is 83.4 Å². The van der Waals surface area contributed by atoms with Gasteiger partial charge in [0.25, 0.3) is 0 Å². The van der Waals surface area contributed by atoms with Crippen molar-refractivity contribution in [1.82, 2.24) is 15.0 Å². The summed E-state index contributed by atoms with van der Waals surface area (Å²) in [6.45, 7) is 4.14. The largest absolute Gasteiger partial charge is 0.157 e. The van der Waals surface area contributed by atoms with Crippen molar-refractivity contribution in [3.05, 3.63) is 41.7 Å². The molecule has 3 nitrogen and oxygen atoms in total. The summed E-state index contributed by atoms with van der Waals surface area (Å²) in [6.07, 6.45) is 2.73. The summed E-state index contributed by atoms with van der Waals surface area (Å²) in [6, 6.07) is 8.15. The van der Waals surface area contributed by atoms with Crippen LogP contribution in [0.15, 0.2) is 30.5 Å². The Morgan fingerprint density at radius 2 is 2.21 bits per heavy atom. The van der Waals surface area contributed by atoms with Gasteiger partial charge in [0.1, 0.15) is 0 Å². The third-order valence-electron chi connectivity index (χ3n) is 2.13. The molecule has 0 aliphatic rings. The number of aromatic nitrogens is 3. The molecule has 0 bridgehead atoms. The molecular formula is C11H13N3. The van der Waals surface area contributed by atoms with Gasteiger partial charge >= 0.3 is 0 Å². The molecular weight excluding hydrogens is 174 g/mol. The summed E-state index contributed by atoms with van der Waals surface area (Å²) in [5, 5.41) is 8.55. The monoisotopic (exact) mass is 187 g/mol. The van der Waals surface area contributed by atoms with E-state index >= 15 is 0 Å². The van der Waals surface area contributed by atoms with Crippen molar-refractivity contribution < 1.29 is 0 Å². The lowest BCUT2D eigenvalue weighted by atomic mass is 10.2. The van der Waals surface area contributed by atoms with Crippen LogP contribution in [0, 0.1) is 6.92 Å². The van der Waals surface area contributed by atoms with Gasteiger partial charge in [-0.15, -0.1) is 0 Å². The Morgan fingerprint density at radius 3 is 2.86 bits per heavy atom. The lowest BCUT2D eigenvalue weighted by Gasteiger charge is -1.99. The van der Waals surface area contributed by atoms with Gasteiger partial charge in [-0.1, -0.05) is 19.1 Å². The predicted molar refractivity (Wildman–Crippen MR) is 55.5 cm³/mol. The van der Waals surface area contributed by atoms with E-state index < -0.39 is 0 Å². The highest BCUT2D eigenvalue weighted by molar-refractivity contribution is 5.33. The van der Waals surface area contributed by atoms with Crippen molar-refractivity contribution in [1.29, 1.82) is 0 Å². The number of nitrogens with zero attached hydrogens (tertiary/aromatic N) is 3. The Kier molecular flexibility index (Phi) is 2.31. The van der Waals surface area contributed by atoms with Gasteiger partial charge in [0.05, 0.1) is 17.6 Å². The van der Waals surface area contributed by atoms with E-state index in [0.717, 1.165) is 17.8 Å². The molecule has 14 heavy (non-hydrogen) atoms. The van der Waals surface area contributed by atoms with Crippen LogP contribution in [0.2, 0.25) is 0 Å². The fourth-order valence-corrected chi connectivity index (χ4v) is 1.33. The molecule has 0 amide bonds. The van der Waals surface area contributed by atoms with Crippen molar-refractivity contribution in [3.63, 3.8) is 0 Å². The molecule has 0 N–H and O–H groups in total. The van der Waals surface area contributed by atoms with Crippen molar-refractivity contribution in [3.8, 4) is 5.69 Å². The molecule has 0 atom stereocenters. The first kappa shape index (κ1) is 8.94. The van der Waals surface area contributed by atoms with E-state index in [0.29, 0.717) is 0 Å². The summed E-state index contributed by atoms with van der Waals surface area (Å²) in [4.78, 5) is 1.67. The fourth-order valence-electron chi connectivity index (χ4n) is 1.33. The van der Waals surface area contributed by atoms with Crippen molar-refractivity contribution >= 4 is 0 Å². The number of rotatable bonds is 2. The topological polar surface area (TPSA) is 30.7 Å². The quantitative estimate of drug-likeness (QED) is 0.721. The van der Waals surface area contributed by atoms with Crippen molar-refractivity contribution in [2.45, 2.75) is 20.3 Å². The SMILES string of the molecule is CCc1cnn(-c2cccc(C)c2)n1. The van der Waals surface area contributed by atoms with Gasteiger partial charge in [0.2, 0.25) is 0 Å². The summed E-state index contributed by atoms with van der Waals surface area (Å²) in [5.41, 5.74) is 3.26. The first-order valence-corrected chi connectivity index (χ1v) is 4.78. The number of benzene rings is 1. The molecule has 72 valence electrons. The minimum atomic E-state index is 0.922. The zero-order valence-electron chi connectivity index (χ0n) is 8.44. The predicted octanol–water partition coefficient (Wildman–Crippen LogP) is 2.14. The molecule has 0 fully saturated rings. The van der Waals surface area contributed by atoms with Crippen molar-refractivity contribution in [2.75, 3.05) is 0 Å². The number of aryl methyl sites for hydroxylation is 2. The number of hydrogen-bond donors (Lipinski definition) is 0. The molecule has 0 aliphatic heterocycles. The van der Waals surface area contributed by atoms with Crippen LogP contribution in [0.3, 0.4) is 0 Å². The van der Waals surface area contributed by atoms with Crippen LogP contribution in [-0.2, 0) is 6.42 Å². The van der Waals surface area contributed by atoms with Crippen LogP contribution < -0.4 is 0 Å². The zero-order valence-corrected chi connectivity index (χ0v) is 8.44. The first-order valence-electron chi connectivity index (χ1n) is 4.78. The zero-order chi connectivity index (χ0) is 9.97. The van der Waals surface area contributed by atoms with Gasteiger partial charge in [0.15, 0.2) is 0 Å². The molecule has 0 radical (unpaired) electrons. The molecule has 0 spiro atoms. The third-order valence-corrected chi connectivity index (χ3v) is 2.13. The summed E-state index contributed by atoms with van der Waals surface area (Å²) >= 11 is 0. The fraction of sp³-hybridized carbons (Fsp3) is 0.273. The molecule has 3 heteroatoms. The highest BCUT2D eigenvalue weighted by Crippen LogP contribution is 2.07. The standard InChI is InChI=1S/C11H13N3/c1-3-10-8-12-14(13-10)11-6-4-5-9(2)7-11/h4-8H,3H2,1-2H3. The second-order valence-corrected chi connectivity index (χ2v) is 3.32. The van der Waals surface area contributed by atoms with Gasteiger partial charge in [-0.2, -0.15) is 15.0 Å². The lowest BCUT2D eigenvalue weighted by Crippen LogP contribution is -1.99. The van der Waals surface area contributed by atoms with Crippen LogP contribution in [0.5, 0.6) is 0 Å². The highest BCUT2D eigenvalue weighted by atomic mass is 15.5. The molecule has 0 saturated heterocycles. The van der Waals surface area contributed by atoms with Crippen LogP contribution in [0.4, 0.5) is 0 Å². The first-order chi connectivity index (χ1) is 6.79. The van der Waals surface area contributed by atoms with Gasteiger partial charge < -0.3 is 0 Å². The minimum absolute atomic E-state index is 0.922. The Bertz CT molecular complexity index is 432. The maximum atomic E-state index is 4.35. The average molecular weight is 187 g/mol. The van der Waals surface area contributed by atoms with E-state index in [4.69, 9.17) is 0 Å². The van der Waals surface area contributed by atoms with E-state index in [2.05, 4.69) is 36.2 Å². The van der Waals surface area contributed by atoms with Gasteiger partial charge in [0, 0.05) is 0 Å². The van der Waals surface area contributed by atoms with E-state index in [1.54, 1.807) is 4.80 Å². The summed E-state index contributed by atoms with van der Waals surface area (Å²) in [7, 11) is 0. The Hall–Kier alpha value is -1.64. The number of hydrogen-bond acceptors (Lipinski definition) is 2. The second kappa shape index (κ2) is 3.62. The highest BCUT2D eigenvalue weighted by Gasteiger charge is 2.00. The van der Waals surface area contributed by atoms with Crippen LogP contribution in [-0.4, -0.2) is 15.0 Å². The molecule has 1 heterocycles. The van der Waals surface area contributed by atoms with E-state index in [1.165, 1.54) is 5.56 Å². The van der Waals surface area contributed by atoms with E-state index in [9.17, 15) is 0 Å². The van der Waals surface area contributed by atoms with Crippen LogP contribution >= 0.6 is 0 Å². The molecule has 2 aromatic rings. The van der Waals surface area contributed by atoms with E-state index in [1.807, 2.05) is 18.3 Å². The van der Waals surface area contributed by atoms with Gasteiger partial charge in [-0.25, -0.2) is 0 Å². The Balaban J connectivity index is 2.39. The lowest BCUT2D eigenvalue weighted by molar-refractivity contribution is 0.739. The molecule has 2 rings (SSSR count). The minimum Gasteiger partial charge on any atom is -0.157 e. The summed E-state index contributed by atoms with van der Waals surface area (Å²) < 4.78 is 0. The average Bonchev–Trinajstić information content (AvgIpc) is 2.66. The molecule has 1 aromatic heterocycles. The van der Waals surface area contributed by atoms with E-state index in [-0.39, 0.29) is 0 Å². The third kappa shape index (κ3) is 1.66. The second-order valence-electron chi connectivity index (χ2n) is 3.32. The maximum Gasteiger partial charge on any atom is 0.0859 e. The maximum absolute atomic E-state index is 4.35. The van der Waals surface area contributed by atoms with Crippen LogP contribution in [0.1, 0.15) is 18.2 Å².